The van der Waals surface area contributed by atoms with E-state index in [2.05, 4.69) is 58.0 Å². The van der Waals surface area contributed by atoms with Gasteiger partial charge >= 0.3 is 0 Å². The lowest BCUT2D eigenvalue weighted by atomic mass is 10.1. The Morgan fingerprint density at radius 1 is 1.30 bits per heavy atom. The first-order chi connectivity index (χ1) is 11.3. The molecule has 3 rings (SSSR count). The van der Waals surface area contributed by atoms with Crippen LogP contribution in [0.5, 0.6) is 0 Å². The molecule has 2 aromatic rings. The largest absolute Gasteiger partial charge is 0.372 e. The molecule has 0 bridgehead atoms. The summed E-state index contributed by atoms with van der Waals surface area (Å²) in [5, 5.41) is 5.57. The van der Waals surface area contributed by atoms with Crippen molar-refractivity contribution in [3.63, 3.8) is 0 Å². The van der Waals surface area contributed by atoms with Crippen LogP contribution in [0.3, 0.4) is 0 Å². The first kappa shape index (κ1) is 16.0. The number of hydrogen-bond acceptors (Lipinski definition) is 3. The number of hydrogen-bond donors (Lipinski definition) is 1. The Morgan fingerprint density at radius 3 is 2.96 bits per heavy atom. The molecule has 1 N–H and O–H groups in total. The van der Waals surface area contributed by atoms with E-state index in [0.29, 0.717) is 0 Å². The predicted molar refractivity (Wildman–Crippen MR) is 95.8 cm³/mol. The number of benzene rings is 1. The molecular formula is C18H23N3OS. The van der Waals surface area contributed by atoms with Crippen molar-refractivity contribution in [2.24, 2.45) is 4.99 Å². The lowest BCUT2D eigenvalue weighted by Gasteiger charge is -2.22. The zero-order valence-corrected chi connectivity index (χ0v) is 14.5. The second-order valence-electron chi connectivity index (χ2n) is 5.75. The van der Waals surface area contributed by atoms with E-state index in [0.717, 1.165) is 38.7 Å². The maximum atomic E-state index is 5.47. The van der Waals surface area contributed by atoms with Crippen LogP contribution in [-0.4, -0.2) is 31.5 Å². The fourth-order valence-electron chi connectivity index (χ4n) is 2.74. The molecule has 0 saturated heterocycles. The molecule has 1 aromatic heterocycles. The minimum atomic E-state index is 0.735. The summed E-state index contributed by atoms with van der Waals surface area (Å²) in [4.78, 5) is 7.97. The monoisotopic (exact) mass is 329 g/mol. The van der Waals surface area contributed by atoms with Gasteiger partial charge in [0.1, 0.15) is 0 Å². The van der Waals surface area contributed by atoms with E-state index >= 15 is 0 Å². The first-order valence-corrected chi connectivity index (χ1v) is 8.77. The van der Waals surface area contributed by atoms with Crippen LogP contribution >= 0.6 is 11.3 Å². The number of likely N-dealkylation sites (N-methyl/N-ethyl adjacent to an activating group) is 1. The van der Waals surface area contributed by atoms with Crippen molar-refractivity contribution in [2.75, 3.05) is 20.6 Å². The molecule has 0 atom stereocenters. The summed E-state index contributed by atoms with van der Waals surface area (Å²) in [5.74, 6) is 0.929. The van der Waals surface area contributed by atoms with Crippen molar-refractivity contribution in [3.05, 3.63) is 57.3 Å². The Kier molecular flexibility index (Phi) is 5.31. The van der Waals surface area contributed by atoms with E-state index in [1.165, 1.54) is 21.6 Å². The first-order valence-electron chi connectivity index (χ1n) is 7.89. The number of ether oxygens (including phenoxy) is 1. The van der Waals surface area contributed by atoms with Crippen molar-refractivity contribution in [1.29, 1.82) is 0 Å². The number of nitrogens with one attached hydrogen (secondary N) is 1. The molecule has 1 aromatic carbocycles. The van der Waals surface area contributed by atoms with Gasteiger partial charge in [-0.25, -0.2) is 0 Å². The van der Waals surface area contributed by atoms with Crippen LogP contribution in [0.1, 0.15) is 21.6 Å². The molecule has 0 spiro atoms. The van der Waals surface area contributed by atoms with Gasteiger partial charge in [-0.1, -0.05) is 24.3 Å². The molecule has 1 aliphatic heterocycles. The highest BCUT2D eigenvalue weighted by Crippen LogP contribution is 2.20. The van der Waals surface area contributed by atoms with E-state index in [-0.39, 0.29) is 0 Å². The highest BCUT2D eigenvalue weighted by molar-refractivity contribution is 7.09. The van der Waals surface area contributed by atoms with E-state index in [4.69, 9.17) is 4.74 Å². The summed E-state index contributed by atoms with van der Waals surface area (Å²) in [6, 6.07) is 10.8. The van der Waals surface area contributed by atoms with Crippen LogP contribution < -0.4 is 5.32 Å². The molecule has 0 fully saturated rings. The summed E-state index contributed by atoms with van der Waals surface area (Å²) < 4.78 is 5.47. The van der Waals surface area contributed by atoms with Gasteiger partial charge in [0.15, 0.2) is 5.96 Å². The fraction of sp³-hybridized carbons (Fsp3) is 0.389. The molecule has 1 aliphatic rings. The van der Waals surface area contributed by atoms with Gasteiger partial charge in [-0.15, -0.1) is 11.3 Å². The van der Waals surface area contributed by atoms with Crippen molar-refractivity contribution >= 4 is 17.3 Å². The summed E-state index contributed by atoms with van der Waals surface area (Å²) in [6.45, 7) is 3.22. The highest BCUT2D eigenvalue weighted by atomic mass is 32.1. The SMILES string of the molecule is CN=C(NCc1ccc2c(c1)COC2)N(C)CCc1cccs1. The zero-order chi connectivity index (χ0) is 16.1. The minimum Gasteiger partial charge on any atom is -0.372 e. The highest BCUT2D eigenvalue weighted by Gasteiger charge is 2.12. The molecule has 0 aliphatic carbocycles. The van der Waals surface area contributed by atoms with Gasteiger partial charge < -0.3 is 15.0 Å². The molecule has 2 heterocycles. The second kappa shape index (κ2) is 7.62. The summed E-state index contributed by atoms with van der Waals surface area (Å²) in [7, 11) is 3.92. The third-order valence-electron chi connectivity index (χ3n) is 4.08. The van der Waals surface area contributed by atoms with Crippen LogP contribution in [-0.2, 0) is 30.9 Å². The third-order valence-corrected chi connectivity index (χ3v) is 5.02. The van der Waals surface area contributed by atoms with Gasteiger partial charge in [0.25, 0.3) is 0 Å². The van der Waals surface area contributed by atoms with E-state index in [9.17, 15) is 0 Å². The minimum absolute atomic E-state index is 0.735. The summed E-state index contributed by atoms with van der Waals surface area (Å²) >= 11 is 1.81. The van der Waals surface area contributed by atoms with Gasteiger partial charge in [0, 0.05) is 32.1 Å². The smallest absolute Gasteiger partial charge is 0.193 e. The quantitative estimate of drug-likeness (QED) is 0.677. The summed E-state index contributed by atoms with van der Waals surface area (Å²) in [6.07, 6.45) is 1.05. The van der Waals surface area contributed by atoms with Crippen LogP contribution in [0.4, 0.5) is 0 Å². The Labute approximate surface area is 141 Å². The van der Waals surface area contributed by atoms with E-state index in [1.807, 2.05) is 7.05 Å². The van der Waals surface area contributed by atoms with Crippen molar-refractivity contribution in [3.8, 4) is 0 Å². The summed E-state index contributed by atoms with van der Waals surface area (Å²) in [5.41, 5.74) is 3.89. The predicted octanol–water partition coefficient (Wildman–Crippen LogP) is 3.03. The van der Waals surface area contributed by atoms with Gasteiger partial charge in [-0.2, -0.15) is 0 Å². The zero-order valence-electron chi connectivity index (χ0n) is 13.7. The lowest BCUT2D eigenvalue weighted by Crippen LogP contribution is -2.39. The molecule has 23 heavy (non-hydrogen) atoms. The van der Waals surface area contributed by atoms with Crippen LogP contribution in [0.2, 0.25) is 0 Å². The Balaban J connectivity index is 1.52. The van der Waals surface area contributed by atoms with Crippen molar-refractivity contribution in [1.82, 2.24) is 10.2 Å². The maximum absolute atomic E-state index is 5.47. The Morgan fingerprint density at radius 2 is 2.17 bits per heavy atom. The Hall–Kier alpha value is -1.85. The third kappa shape index (κ3) is 4.12. The second-order valence-corrected chi connectivity index (χ2v) is 6.78. The molecule has 5 heteroatoms. The Bertz CT molecular complexity index is 667. The molecular weight excluding hydrogens is 306 g/mol. The number of fused-ring (bicyclic) bond motifs is 1. The van der Waals surface area contributed by atoms with Gasteiger partial charge in [0.05, 0.1) is 13.2 Å². The number of thiophene rings is 1. The van der Waals surface area contributed by atoms with E-state index in [1.54, 1.807) is 11.3 Å². The average Bonchev–Trinajstić information content (AvgIpc) is 3.24. The average molecular weight is 329 g/mol. The molecule has 122 valence electrons. The number of guanidine groups is 1. The van der Waals surface area contributed by atoms with Crippen LogP contribution in [0, 0.1) is 0 Å². The van der Waals surface area contributed by atoms with Gasteiger partial charge in [0.2, 0.25) is 0 Å². The normalized spacial score (nSPS) is 13.9. The molecule has 0 saturated carbocycles. The maximum Gasteiger partial charge on any atom is 0.193 e. The molecule has 0 unspecified atom stereocenters. The van der Waals surface area contributed by atoms with Crippen LogP contribution in [0.15, 0.2) is 40.7 Å². The topological polar surface area (TPSA) is 36.9 Å². The standard InChI is InChI=1S/C18H23N3OS/c1-19-18(21(2)8-7-17-4-3-9-23-17)20-11-14-5-6-15-12-22-13-16(15)10-14/h3-6,9-10H,7-8,11-13H2,1-2H3,(H,19,20). The van der Waals surface area contributed by atoms with Crippen LogP contribution in [0.25, 0.3) is 0 Å². The number of rotatable bonds is 5. The number of nitrogens with zero attached hydrogens (tertiary/aromatic N) is 2. The molecule has 0 amide bonds. The van der Waals surface area contributed by atoms with E-state index < -0.39 is 0 Å². The fourth-order valence-corrected chi connectivity index (χ4v) is 3.44. The van der Waals surface area contributed by atoms with Gasteiger partial charge in [-0.05, 0) is 34.6 Å². The van der Waals surface area contributed by atoms with Crippen molar-refractivity contribution < 1.29 is 4.74 Å². The number of aliphatic imine (C=N–C) groups is 1. The van der Waals surface area contributed by atoms with Gasteiger partial charge in [-0.3, -0.25) is 4.99 Å². The van der Waals surface area contributed by atoms with Crippen molar-refractivity contribution in [2.45, 2.75) is 26.2 Å². The molecule has 0 radical (unpaired) electrons. The lowest BCUT2D eigenvalue weighted by molar-refractivity contribution is 0.134. The molecule has 4 nitrogen and oxygen atoms in total.